The van der Waals surface area contributed by atoms with Gasteiger partial charge in [-0.25, -0.2) is 8.78 Å². The first kappa shape index (κ1) is 15.9. The maximum absolute atomic E-state index is 12.2. The van der Waals surface area contributed by atoms with Crippen molar-refractivity contribution in [2.45, 2.75) is 18.5 Å². The highest BCUT2D eigenvalue weighted by Crippen LogP contribution is 2.28. The van der Waals surface area contributed by atoms with Crippen LogP contribution in [0.15, 0.2) is 0 Å². The Morgan fingerprint density at radius 1 is 1.18 bits per heavy atom. The summed E-state index contributed by atoms with van der Waals surface area (Å²) in [7, 11) is 0. The van der Waals surface area contributed by atoms with Gasteiger partial charge < -0.3 is 9.84 Å². The monoisotopic (exact) mass is 272 g/mol. The highest BCUT2D eigenvalue weighted by molar-refractivity contribution is 5.71. The second-order valence-corrected chi connectivity index (χ2v) is 3.01. The molecule has 1 N–H and O–H groups in total. The number of hydrogen-bond donors (Lipinski definition) is 1. The fraction of sp³-hybridized carbons (Fsp3) is 0.857. The second-order valence-electron chi connectivity index (χ2n) is 3.01. The van der Waals surface area contributed by atoms with E-state index < -0.39 is 43.6 Å². The summed E-state index contributed by atoms with van der Waals surface area (Å²) in [6, 6.07) is 0. The third-order valence-electron chi connectivity index (χ3n) is 1.59. The van der Waals surface area contributed by atoms with Crippen molar-refractivity contribution in [2.24, 2.45) is 5.92 Å². The molecule has 0 radical (unpaired) electrons. The van der Waals surface area contributed by atoms with Crippen molar-refractivity contribution in [1.82, 2.24) is 0 Å². The summed E-state index contributed by atoms with van der Waals surface area (Å²) in [6.07, 6.45) is -9.30. The summed E-state index contributed by atoms with van der Waals surface area (Å²) in [5.74, 6) is -9.98. The first-order chi connectivity index (χ1) is 7.48. The molecule has 0 heterocycles. The Labute approximate surface area is 90.2 Å². The van der Waals surface area contributed by atoms with Gasteiger partial charge in [0.05, 0.1) is 6.61 Å². The van der Waals surface area contributed by atoms with Crippen LogP contribution in [-0.2, 0) is 9.53 Å². The lowest BCUT2D eigenvalue weighted by molar-refractivity contribution is -0.214. The van der Waals surface area contributed by atoms with Crippen LogP contribution in [0.25, 0.3) is 0 Å². The molecule has 0 amide bonds. The molecule has 0 aromatic rings. The van der Waals surface area contributed by atoms with Crippen LogP contribution in [0.1, 0.15) is 0 Å². The van der Waals surface area contributed by atoms with Crippen LogP contribution >= 0.6 is 0 Å². The summed E-state index contributed by atoms with van der Waals surface area (Å²) in [4.78, 5) is 10.1. The van der Waals surface area contributed by atoms with Crippen LogP contribution in [0, 0.1) is 5.92 Å². The number of carboxylic acid groups (broad SMARTS) is 1. The van der Waals surface area contributed by atoms with E-state index in [0.29, 0.717) is 0 Å². The van der Waals surface area contributed by atoms with Gasteiger partial charge >= 0.3 is 24.5 Å². The van der Waals surface area contributed by atoms with Crippen LogP contribution in [0.3, 0.4) is 0 Å². The molecule has 17 heavy (non-hydrogen) atoms. The maximum Gasteiger partial charge on any atom is 0.404 e. The molecular weight excluding hydrogens is 265 g/mol. The minimum atomic E-state index is -5.20. The van der Waals surface area contributed by atoms with Crippen molar-refractivity contribution in [3.8, 4) is 0 Å². The van der Waals surface area contributed by atoms with E-state index in [1.807, 2.05) is 0 Å². The zero-order valence-corrected chi connectivity index (χ0v) is 7.98. The van der Waals surface area contributed by atoms with Crippen molar-refractivity contribution in [3.63, 3.8) is 0 Å². The molecule has 0 aliphatic heterocycles. The first-order valence-corrected chi connectivity index (χ1v) is 4.01. The zero-order chi connectivity index (χ0) is 13.9. The average molecular weight is 272 g/mol. The average Bonchev–Trinajstić information content (AvgIpc) is 2.09. The largest absolute Gasteiger partial charge is 0.481 e. The topological polar surface area (TPSA) is 46.5 Å². The first-order valence-electron chi connectivity index (χ1n) is 4.01. The fourth-order valence-corrected chi connectivity index (χ4v) is 0.682. The lowest BCUT2D eigenvalue weighted by atomic mass is 10.1. The smallest absolute Gasteiger partial charge is 0.404 e. The van der Waals surface area contributed by atoms with Crippen molar-refractivity contribution >= 4 is 5.97 Å². The number of halogens is 7. The Hall–Kier alpha value is -1.06. The molecule has 102 valence electrons. The van der Waals surface area contributed by atoms with Gasteiger partial charge in [0, 0.05) is 0 Å². The molecule has 0 aliphatic carbocycles. The number of aliphatic carboxylic acids is 1. The summed E-state index contributed by atoms with van der Waals surface area (Å²) in [6.45, 7) is -3.63. The lowest BCUT2D eigenvalue weighted by Crippen LogP contribution is -2.38. The molecule has 3 nitrogen and oxygen atoms in total. The predicted molar refractivity (Wildman–Crippen MR) is 39.0 cm³/mol. The van der Waals surface area contributed by atoms with Crippen LogP contribution in [-0.4, -0.2) is 42.8 Å². The van der Waals surface area contributed by atoms with Crippen molar-refractivity contribution in [2.75, 3.05) is 13.2 Å². The van der Waals surface area contributed by atoms with Gasteiger partial charge in [-0.3, -0.25) is 4.79 Å². The van der Waals surface area contributed by atoms with Crippen LogP contribution in [0.4, 0.5) is 30.7 Å². The van der Waals surface area contributed by atoms with Gasteiger partial charge in [0.1, 0.15) is 6.61 Å². The number of ether oxygens (including phenoxy) is 1. The van der Waals surface area contributed by atoms with Crippen molar-refractivity contribution in [3.05, 3.63) is 0 Å². The Morgan fingerprint density at radius 2 is 1.65 bits per heavy atom. The Bertz CT molecular complexity index is 263. The SMILES string of the molecule is O=C(O)C(COCC(F)(F)C(F)F)C(F)(F)F. The molecule has 0 saturated carbocycles. The summed E-state index contributed by atoms with van der Waals surface area (Å²) >= 11 is 0. The van der Waals surface area contributed by atoms with Gasteiger partial charge in [-0.15, -0.1) is 0 Å². The molecular formula is C7H7F7O3. The summed E-state index contributed by atoms with van der Waals surface area (Å²) < 4.78 is 87.0. The van der Waals surface area contributed by atoms with Crippen LogP contribution < -0.4 is 0 Å². The van der Waals surface area contributed by atoms with E-state index in [1.165, 1.54) is 0 Å². The van der Waals surface area contributed by atoms with Gasteiger partial charge in [0.2, 0.25) is 0 Å². The van der Waals surface area contributed by atoms with E-state index in [1.54, 1.807) is 0 Å². The Kier molecular flexibility index (Phi) is 5.17. The van der Waals surface area contributed by atoms with Crippen molar-refractivity contribution < 1.29 is 45.4 Å². The fourth-order valence-electron chi connectivity index (χ4n) is 0.682. The highest BCUT2D eigenvalue weighted by atomic mass is 19.4. The van der Waals surface area contributed by atoms with Crippen LogP contribution in [0.5, 0.6) is 0 Å². The summed E-state index contributed by atoms with van der Waals surface area (Å²) in [5.41, 5.74) is 0. The molecule has 0 rings (SSSR count). The van der Waals surface area contributed by atoms with Crippen LogP contribution in [0.2, 0.25) is 0 Å². The molecule has 0 aromatic carbocycles. The van der Waals surface area contributed by atoms with Gasteiger partial charge in [-0.1, -0.05) is 0 Å². The molecule has 0 aromatic heterocycles. The van der Waals surface area contributed by atoms with E-state index in [-0.39, 0.29) is 0 Å². The molecule has 0 fully saturated rings. The molecule has 1 unspecified atom stereocenters. The minimum Gasteiger partial charge on any atom is -0.481 e. The quantitative estimate of drug-likeness (QED) is 0.754. The number of rotatable bonds is 6. The van der Waals surface area contributed by atoms with Gasteiger partial charge in [0.25, 0.3) is 0 Å². The third-order valence-corrected chi connectivity index (χ3v) is 1.59. The molecule has 10 heteroatoms. The third kappa shape index (κ3) is 5.20. The molecule has 1 atom stereocenters. The number of hydrogen-bond acceptors (Lipinski definition) is 2. The van der Waals surface area contributed by atoms with Crippen molar-refractivity contribution in [1.29, 1.82) is 0 Å². The van der Waals surface area contributed by atoms with Gasteiger partial charge in [0.15, 0.2) is 5.92 Å². The molecule has 0 bridgehead atoms. The minimum absolute atomic E-state index is 1.65. The Balaban J connectivity index is 4.31. The molecule has 0 saturated heterocycles. The molecule has 0 aliphatic rings. The second kappa shape index (κ2) is 5.52. The van der Waals surface area contributed by atoms with E-state index in [0.717, 1.165) is 0 Å². The number of carboxylic acids is 1. The molecule has 0 spiro atoms. The van der Waals surface area contributed by atoms with E-state index in [2.05, 4.69) is 4.74 Å². The normalized spacial score (nSPS) is 15.1. The number of carbonyl (C=O) groups is 1. The van der Waals surface area contributed by atoms with E-state index in [4.69, 9.17) is 5.11 Å². The van der Waals surface area contributed by atoms with Gasteiger partial charge in [-0.2, -0.15) is 22.0 Å². The lowest BCUT2D eigenvalue weighted by Gasteiger charge is -2.19. The van der Waals surface area contributed by atoms with E-state index in [9.17, 15) is 35.5 Å². The van der Waals surface area contributed by atoms with Gasteiger partial charge in [-0.05, 0) is 0 Å². The maximum atomic E-state index is 12.2. The van der Waals surface area contributed by atoms with E-state index >= 15 is 0 Å². The highest BCUT2D eigenvalue weighted by Gasteiger charge is 2.47. The Morgan fingerprint density at radius 3 is 1.94 bits per heavy atom. The zero-order valence-electron chi connectivity index (χ0n) is 7.98. The summed E-state index contributed by atoms with van der Waals surface area (Å²) in [5, 5.41) is 8.11. The predicted octanol–water partition coefficient (Wildman–Crippen LogP) is 2.17. The standard InChI is InChI=1S/C7H7F7O3/c8-5(9)6(10,11)2-17-1-3(4(15)16)7(12,13)14/h3,5H,1-2H2,(H,15,16). The number of alkyl halides is 7.